The number of anilines is 1. The van der Waals surface area contributed by atoms with Crippen LogP contribution in [-0.2, 0) is 21.2 Å². The number of hydrogen-bond donors (Lipinski definition) is 2. The first kappa shape index (κ1) is 16.3. The quantitative estimate of drug-likeness (QED) is 0.843. The van der Waals surface area contributed by atoms with Crippen LogP contribution >= 0.6 is 0 Å². The van der Waals surface area contributed by atoms with Crippen molar-refractivity contribution in [2.75, 3.05) is 17.1 Å². The maximum atomic E-state index is 12.1. The maximum absolute atomic E-state index is 12.1. The van der Waals surface area contributed by atoms with Gasteiger partial charge in [-0.2, -0.15) is 0 Å². The second kappa shape index (κ2) is 5.28. The SMILES string of the molecule is CC(C)(NC(=O)c1ccc2c(c1)CCN2S(C)(=O)=O)C(=O)O. The van der Waals surface area contributed by atoms with Crippen LogP contribution in [0.25, 0.3) is 0 Å². The molecule has 1 aliphatic heterocycles. The van der Waals surface area contributed by atoms with E-state index >= 15 is 0 Å². The molecule has 1 aromatic carbocycles. The second-order valence-corrected chi connectivity index (χ2v) is 7.72. The zero-order chi connectivity index (χ0) is 16.7. The molecule has 0 radical (unpaired) electrons. The Morgan fingerprint density at radius 2 is 1.95 bits per heavy atom. The minimum atomic E-state index is -3.33. The molecule has 7 nitrogen and oxygen atoms in total. The van der Waals surface area contributed by atoms with E-state index < -0.39 is 27.4 Å². The van der Waals surface area contributed by atoms with Gasteiger partial charge in [-0.25, -0.2) is 13.2 Å². The van der Waals surface area contributed by atoms with Crippen LogP contribution in [0.2, 0.25) is 0 Å². The Labute approximate surface area is 129 Å². The Hall–Kier alpha value is -2.09. The molecule has 1 aromatic rings. The van der Waals surface area contributed by atoms with Crippen molar-refractivity contribution in [2.24, 2.45) is 0 Å². The molecule has 0 spiro atoms. The van der Waals surface area contributed by atoms with Crippen LogP contribution < -0.4 is 9.62 Å². The number of benzene rings is 1. The van der Waals surface area contributed by atoms with Crippen LogP contribution in [0.4, 0.5) is 5.69 Å². The summed E-state index contributed by atoms with van der Waals surface area (Å²) in [5.74, 6) is -1.64. The number of amides is 1. The molecule has 0 bridgehead atoms. The number of aliphatic carboxylic acids is 1. The number of hydrogen-bond acceptors (Lipinski definition) is 4. The fourth-order valence-electron chi connectivity index (χ4n) is 2.27. The van der Waals surface area contributed by atoms with Crippen molar-refractivity contribution in [1.29, 1.82) is 0 Å². The van der Waals surface area contributed by atoms with Crippen molar-refractivity contribution >= 4 is 27.6 Å². The molecule has 120 valence electrons. The standard InChI is InChI=1S/C14H18N2O5S/c1-14(2,13(18)19)15-12(17)10-4-5-11-9(8-10)6-7-16(11)22(3,20)21/h4-5,8H,6-7H2,1-3H3,(H,15,17)(H,18,19). The number of fused-ring (bicyclic) bond motifs is 1. The van der Waals surface area contributed by atoms with Gasteiger partial charge in [-0.1, -0.05) is 0 Å². The third-order valence-corrected chi connectivity index (χ3v) is 4.74. The predicted molar refractivity (Wildman–Crippen MR) is 81.5 cm³/mol. The molecule has 0 saturated carbocycles. The van der Waals surface area contributed by atoms with E-state index in [9.17, 15) is 18.0 Å². The molecule has 1 amide bonds. The normalized spacial score (nSPS) is 14.6. The lowest BCUT2D eigenvalue weighted by Gasteiger charge is -2.21. The lowest BCUT2D eigenvalue weighted by Crippen LogP contribution is -2.49. The molecule has 0 fully saturated rings. The number of sulfonamides is 1. The van der Waals surface area contributed by atoms with Crippen molar-refractivity contribution in [2.45, 2.75) is 25.8 Å². The van der Waals surface area contributed by atoms with E-state index in [4.69, 9.17) is 5.11 Å². The first-order valence-electron chi connectivity index (χ1n) is 6.69. The first-order valence-corrected chi connectivity index (χ1v) is 8.54. The van der Waals surface area contributed by atoms with E-state index in [2.05, 4.69) is 5.32 Å². The summed E-state index contributed by atoms with van der Waals surface area (Å²) in [7, 11) is -3.33. The van der Waals surface area contributed by atoms with Gasteiger partial charge in [0.25, 0.3) is 5.91 Å². The van der Waals surface area contributed by atoms with Crippen molar-refractivity contribution in [3.63, 3.8) is 0 Å². The number of carboxylic acids is 1. The highest BCUT2D eigenvalue weighted by atomic mass is 32.2. The van der Waals surface area contributed by atoms with Gasteiger partial charge in [-0.15, -0.1) is 0 Å². The largest absolute Gasteiger partial charge is 0.480 e. The number of carboxylic acid groups (broad SMARTS) is 1. The Morgan fingerprint density at radius 3 is 2.50 bits per heavy atom. The monoisotopic (exact) mass is 326 g/mol. The molecule has 0 saturated heterocycles. The Kier molecular flexibility index (Phi) is 3.90. The topological polar surface area (TPSA) is 104 Å². The molecule has 2 N–H and O–H groups in total. The molecule has 0 aromatic heterocycles. The Morgan fingerprint density at radius 1 is 1.32 bits per heavy atom. The fraction of sp³-hybridized carbons (Fsp3) is 0.429. The summed E-state index contributed by atoms with van der Waals surface area (Å²) in [6.07, 6.45) is 1.66. The molecule has 1 aliphatic rings. The molecular formula is C14H18N2O5S. The number of carbonyl (C=O) groups is 2. The zero-order valence-corrected chi connectivity index (χ0v) is 13.4. The third kappa shape index (κ3) is 3.06. The smallest absolute Gasteiger partial charge is 0.328 e. The van der Waals surface area contributed by atoms with Crippen LogP contribution in [0.5, 0.6) is 0 Å². The molecule has 22 heavy (non-hydrogen) atoms. The minimum absolute atomic E-state index is 0.309. The maximum Gasteiger partial charge on any atom is 0.328 e. The molecule has 0 unspecified atom stereocenters. The summed E-state index contributed by atoms with van der Waals surface area (Å²) >= 11 is 0. The second-order valence-electron chi connectivity index (χ2n) is 5.81. The Balaban J connectivity index is 2.27. The number of rotatable bonds is 4. The number of carbonyl (C=O) groups excluding carboxylic acids is 1. The molecular weight excluding hydrogens is 308 g/mol. The minimum Gasteiger partial charge on any atom is -0.480 e. The van der Waals surface area contributed by atoms with Crippen molar-refractivity contribution in [3.8, 4) is 0 Å². The highest BCUT2D eigenvalue weighted by molar-refractivity contribution is 7.92. The van der Waals surface area contributed by atoms with E-state index in [-0.39, 0.29) is 0 Å². The van der Waals surface area contributed by atoms with Gasteiger partial charge >= 0.3 is 5.97 Å². The van der Waals surface area contributed by atoms with Crippen molar-refractivity contribution in [3.05, 3.63) is 29.3 Å². The fourth-order valence-corrected chi connectivity index (χ4v) is 3.23. The zero-order valence-electron chi connectivity index (χ0n) is 12.6. The lowest BCUT2D eigenvalue weighted by molar-refractivity contribution is -0.143. The van der Waals surface area contributed by atoms with Crippen LogP contribution in [0, 0.1) is 0 Å². The predicted octanol–water partition coefficient (Wildman–Crippen LogP) is 0.602. The van der Waals surface area contributed by atoms with Gasteiger partial charge in [-0.3, -0.25) is 9.10 Å². The van der Waals surface area contributed by atoms with Gasteiger partial charge in [0, 0.05) is 12.1 Å². The summed E-state index contributed by atoms with van der Waals surface area (Å²) in [5.41, 5.74) is 0.251. The summed E-state index contributed by atoms with van der Waals surface area (Å²) < 4.78 is 24.6. The van der Waals surface area contributed by atoms with Crippen molar-refractivity contribution < 1.29 is 23.1 Å². The van der Waals surface area contributed by atoms with E-state index in [1.807, 2.05) is 0 Å². The third-order valence-electron chi connectivity index (χ3n) is 3.56. The van der Waals surface area contributed by atoms with Gasteiger partial charge in [0.05, 0.1) is 11.9 Å². The highest BCUT2D eigenvalue weighted by Crippen LogP contribution is 2.30. The molecule has 2 rings (SSSR count). The first-order chi connectivity index (χ1) is 10.0. The summed E-state index contributed by atoms with van der Waals surface area (Å²) in [5, 5.41) is 11.5. The Bertz CT molecular complexity index is 740. The summed E-state index contributed by atoms with van der Waals surface area (Å²) in [6, 6.07) is 4.68. The molecule has 1 heterocycles. The van der Waals surface area contributed by atoms with Gasteiger partial charge in [0.1, 0.15) is 5.54 Å². The summed E-state index contributed by atoms with van der Waals surface area (Å²) in [6.45, 7) is 3.14. The van der Waals surface area contributed by atoms with Crippen LogP contribution in [0.1, 0.15) is 29.8 Å². The van der Waals surface area contributed by atoms with Crippen LogP contribution in [0.3, 0.4) is 0 Å². The number of nitrogens with one attached hydrogen (secondary N) is 1. The van der Waals surface area contributed by atoms with Crippen LogP contribution in [0.15, 0.2) is 18.2 Å². The van der Waals surface area contributed by atoms with E-state index in [1.54, 1.807) is 12.1 Å². The molecule has 8 heteroatoms. The average molecular weight is 326 g/mol. The van der Waals surface area contributed by atoms with E-state index in [1.165, 1.54) is 24.2 Å². The van der Waals surface area contributed by atoms with Crippen LogP contribution in [-0.4, -0.2) is 43.7 Å². The highest BCUT2D eigenvalue weighted by Gasteiger charge is 2.31. The molecule has 0 aliphatic carbocycles. The van der Waals surface area contributed by atoms with Crippen molar-refractivity contribution in [1.82, 2.24) is 5.32 Å². The summed E-state index contributed by atoms with van der Waals surface area (Å²) in [4.78, 5) is 23.2. The van der Waals surface area contributed by atoms with Gasteiger partial charge < -0.3 is 10.4 Å². The van der Waals surface area contributed by atoms with E-state index in [0.717, 1.165) is 11.8 Å². The van der Waals surface area contributed by atoms with Gasteiger partial charge in [0.15, 0.2) is 0 Å². The van der Waals surface area contributed by atoms with Gasteiger partial charge in [-0.05, 0) is 44.0 Å². The lowest BCUT2D eigenvalue weighted by atomic mass is 10.0. The van der Waals surface area contributed by atoms with Gasteiger partial charge in [0.2, 0.25) is 10.0 Å². The average Bonchev–Trinajstić information content (AvgIpc) is 2.80. The number of nitrogens with zero attached hydrogens (tertiary/aromatic N) is 1. The molecule has 0 atom stereocenters. The van der Waals surface area contributed by atoms with E-state index in [0.29, 0.717) is 24.2 Å².